The van der Waals surface area contributed by atoms with Crippen LogP contribution < -0.4 is 10.6 Å². The van der Waals surface area contributed by atoms with Gasteiger partial charge in [0.2, 0.25) is 11.8 Å². The van der Waals surface area contributed by atoms with E-state index >= 15 is 0 Å². The van der Waals surface area contributed by atoms with Crippen LogP contribution in [0.15, 0.2) is 42.7 Å². The van der Waals surface area contributed by atoms with Gasteiger partial charge in [0.05, 0.1) is 6.04 Å². The lowest BCUT2D eigenvalue weighted by molar-refractivity contribution is -0.131. The number of fused-ring (bicyclic) bond motifs is 1. The van der Waals surface area contributed by atoms with Gasteiger partial charge in [0, 0.05) is 36.8 Å². The highest BCUT2D eigenvalue weighted by Crippen LogP contribution is 2.13. The van der Waals surface area contributed by atoms with Crippen LogP contribution in [-0.4, -0.2) is 51.9 Å². The number of nitrogens with one attached hydrogen (secondary N) is 3. The summed E-state index contributed by atoms with van der Waals surface area (Å²) in [5.74, 6) is -2.73. The molecule has 2 atom stereocenters. The third-order valence-corrected chi connectivity index (χ3v) is 5.79. The monoisotopic (exact) mass is 457 g/mol. The molecule has 9 heteroatoms. The van der Waals surface area contributed by atoms with Crippen LogP contribution in [0.4, 0.5) is 8.78 Å². The van der Waals surface area contributed by atoms with E-state index in [1.807, 2.05) is 37.9 Å². The molecule has 3 N–H and O–H groups in total. The van der Waals surface area contributed by atoms with Crippen molar-refractivity contribution in [1.29, 1.82) is 0 Å². The molecular formula is C24H29F2N5O2. The number of pyridine rings is 1. The van der Waals surface area contributed by atoms with Gasteiger partial charge in [-0.05, 0) is 63.2 Å². The smallest absolute Gasteiger partial charge is 0.243 e. The molecule has 0 bridgehead atoms. The first-order valence-electron chi connectivity index (χ1n) is 10.8. The maximum atomic E-state index is 13.7. The number of benzene rings is 1. The van der Waals surface area contributed by atoms with Gasteiger partial charge in [-0.15, -0.1) is 0 Å². The van der Waals surface area contributed by atoms with Crippen molar-refractivity contribution in [2.75, 3.05) is 7.05 Å². The van der Waals surface area contributed by atoms with Crippen molar-refractivity contribution in [2.24, 2.45) is 0 Å². The molecule has 0 saturated heterocycles. The van der Waals surface area contributed by atoms with Crippen LogP contribution in [0.3, 0.4) is 0 Å². The topological polar surface area (TPSA) is 90.1 Å². The first-order chi connectivity index (χ1) is 15.7. The number of aromatic nitrogens is 2. The fourth-order valence-electron chi connectivity index (χ4n) is 3.43. The summed E-state index contributed by atoms with van der Waals surface area (Å²) in [7, 11) is 1.82. The number of aromatic amines is 1. The summed E-state index contributed by atoms with van der Waals surface area (Å²) in [6, 6.07) is 5.91. The third kappa shape index (κ3) is 6.13. The molecule has 0 spiro atoms. The lowest BCUT2D eigenvalue weighted by Crippen LogP contribution is -2.53. The van der Waals surface area contributed by atoms with Crippen LogP contribution >= 0.6 is 0 Å². The second kappa shape index (κ2) is 10.5. The number of amides is 2. The Morgan fingerprint density at radius 1 is 1.06 bits per heavy atom. The highest BCUT2D eigenvalue weighted by Gasteiger charge is 2.26. The van der Waals surface area contributed by atoms with E-state index in [-0.39, 0.29) is 24.9 Å². The minimum Gasteiger partial charge on any atom is -0.350 e. The van der Waals surface area contributed by atoms with E-state index < -0.39 is 29.6 Å². The number of H-pyrrole nitrogens is 1. The van der Waals surface area contributed by atoms with Crippen molar-refractivity contribution in [1.82, 2.24) is 25.5 Å². The minimum absolute atomic E-state index is 0.0159. The molecule has 33 heavy (non-hydrogen) atoms. The van der Waals surface area contributed by atoms with Crippen LogP contribution in [-0.2, 0) is 22.6 Å². The van der Waals surface area contributed by atoms with Crippen molar-refractivity contribution >= 4 is 22.8 Å². The van der Waals surface area contributed by atoms with Gasteiger partial charge in [-0.1, -0.05) is 6.07 Å². The Balaban J connectivity index is 1.74. The number of carbonyl (C=O) groups is 2. The molecular weight excluding hydrogens is 428 g/mol. The molecule has 3 aromatic rings. The number of hydrogen-bond acceptors (Lipinski definition) is 4. The quantitative estimate of drug-likeness (QED) is 0.461. The van der Waals surface area contributed by atoms with Crippen molar-refractivity contribution in [2.45, 2.75) is 51.9 Å². The van der Waals surface area contributed by atoms with Crippen molar-refractivity contribution in [3.63, 3.8) is 0 Å². The summed E-state index contributed by atoms with van der Waals surface area (Å²) in [5, 5.41) is 6.50. The fraction of sp³-hybridized carbons (Fsp3) is 0.375. The first kappa shape index (κ1) is 24.3. The molecule has 176 valence electrons. The van der Waals surface area contributed by atoms with E-state index in [1.165, 1.54) is 6.07 Å². The van der Waals surface area contributed by atoms with Gasteiger partial charge in [-0.25, -0.2) is 13.8 Å². The molecule has 2 aromatic heterocycles. The predicted molar refractivity (Wildman–Crippen MR) is 122 cm³/mol. The third-order valence-electron chi connectivity index (χ3n) is 5.79. The SMILES string of the molecule is CC(C)N(C)[C@@H](C)C(=O)N[C@@H](Cc1ccc(F)c(F)c1)C(=O)NCc1cnc2[nH]ccc2c1. The second-order valence-electron chi connectivity index (χ2n) is 8.43. The van der Waals surface area contributed by atoms with Crippen LogP contribution in [0.25, 0.3) is 11.0 Å². The van der Waals surface area contributed by atoms with Crippen molar-refractivity contribution in [3.8, 4) is 0 Å². The Labute approximate surface area is 191 Å². The normalized spacial score (nSPS) is 13.3. The zero-order valence-corrected chi connectivity index (χ0v) is 19.2. The number of hydrogen-bond donors (Lipinski definition) is 3. The molecule has 0 unspecified atom stereocenters. The minimum atomic E-state index is -1.00. The van der Waals surface area contributed by atoms with Gasteiger partial charge in [0.1, 0.15) is 11.7 Å². The molecule has 3 rings (SSSR count). The molecule has 0 aliphatic rings. The summed E-state index contributed by atoms with van der Waals surface area (Å²) in [5.41, 5.74) is 1.94. The highest BCUT2D eigenvalue weighted by molar-refractivity contribution is 5.90. The van der Waals surface area contributed by atoms with Gasteiger partial charge in [-0.2, -0.15) is 0 Å². The van der Waals surface area contributed by atoms with E-state index in [9.17, 15) is 18.4 Å². The van der Waals surface area contributed by atoms with Gasteiger partial charge in [-0.3, -0.25) is 14.5 Å². The number of carbonyl (C=O) groups excluding carboxylic acids is 2. The van der Waals surface area contributed by atoms with Crippen molar-refractivity contribution < 1.29 is 18.4 Å². The molecule has 0 fully saturated rings. The maximum absolute atomic E-state index is 13.7. The van der Waals surface area contributed by atoms with Gasteiger partial charge >= 0.3 is 0 Å². The zero-order chi connectivity index (χ0) is 24.1. The molecule has 0 saturated carbocycles. The van der Waals surface area contributed by atoms with E-state index in [4.69, 9.17) is 0 Å². The maximum Gasteiger partial charge on any atom is 0.243 e. The lowest BCUT2D eigenvalue weighted by atomic mass is 10.0. The second-order valence-corrected chi connectivity index (χ2v) is 8.43. The molecule has 2 amide bonds. The lowest BCUT2D eigenvalue weighted by Gasteiger charge is -2.29. The first-order valence-corrected chi connectivity index (χ1v) is 10.8. The number of likely N-dealkylation sites (N-methyl/N-ethyl adjacent to an activating group) is 1. The molecule has 1 aromatic carbocycles. The van der Waals surface area contributed by atoms with E-state index in [1.54, 1.807) is 19.3 Å². The van der Waals surface area contributed by atoms with Crippen LogP contribution in [0, 0.1) is 11.6 Å². The Kier molecular flexibility index (Phi) is 7.75. The highest BCUT2D eigenvalue weighted by atomic mass is 19.2. The fourth-order valence-corrected chi connectivity index (χ4v) is 3.43. The molecule has 2 heterocycles. The summed E-state index contributed by atoms with van der Waals surface area (Å²) in [6.45, 7) is 5.88. The summed E-state index contributed by atoms with van der Waals surface area (Å²) >= 11 is 0. The molecule has 7 nitrogen and oxygen atoms in total. The van der Waals surface area contributed by atoms with E-state index in [0.717, 1.165) is 28.7 Å². The Morgan fingerprint density at radius 3 is 2.52 bits per heavy atom. The Hall–Kier alpha value is -3.33. The Morgan fingerprint density at radius 2 is 1.82 bits per heavy atom. The molecule has 0 aliphatic heterocycles. The summed E-state index contributed by atoms with van der Waals surface area (Å²) in [4.78, 5) is 35.0. The molecule has 0 radical (unpaired) electrons. The average molecular weight is 458 g/mol. The number of rotatable bonds is 9. The van der Waals surface area contributed by atoms with Gasteiger partial charge < -0.3 is 15.6 Å². The molecule has 0 aliphatic carbocycles. The van der Waals surface area contributed by atoms with Crippen molar-refractivity contribution in [3.05, 3.63) is 65.5 Å². The summed E-state index contributed by atoms with van der Waals surface area (Å²) < 4.78 is 27.0. The largest absolute Gasteiger partial charge is 0.350 e. The van der Waals surface area contributed by atoms with Crippen LogP contribution in [0.5, 0.6) is 0 Å². The Bertz CT molecular complexity index is 1130. The zero-order valence-electron chi connectivity index (χ0n) is 19.2. The van der Waals surface area contributed by atoms with Gasteiger partial charge in [0.25, 0.3) is 0 Å². The average Bonchev–Trinajstić information content (AvgIpc) is 3.26. The van der Waals surface area contributed by atoms with Crippen LogP contribution in [0.1, 0.15) is 31.9 Å². The van der Waals surface area contributed by atoms with E-state index in [0.29, 0.717) is 5.56 Å². The van der Waals surface area contributed by atoms with E-state index in [2.05, 4.69) is 20.6 Å². The summed E-state index contributed by atoms with van der Waals surface area (Å²) in [6.07, 6.45) is 3.45. The van der Waals surface area contributed by atoms with Gasteiger partial charge in [0.15, 0.2) is 11.6 Å². The van der Waals surface area contributed by atoms with Crippen LogP contribution in [0.2, 0.25) is 0 Å². The number of halogens is 2. The number of nitrogens with zero attached hydrogens (tertiary/aromatic N) is 2. The predicted octanol–water partition coefficient (Wildman–Crippen LogP) is 2.91. The standard InChI is InChI=1S/C24H29F2N5O2/c1-14(2)31(4)15(3)23(32)30-21(11-16-5-6-19(25)20(26)10-16)24(33)29-13-17-9-18-7-8-27-22(18)28-12-17/h5-10,12,14-15,21H,11,13H2,1-4H3,(H,27,28)(H,29,33)(H,30,32)/t15-,21-/m0/s1.